The lowest BCUT2D eigenvalue weighted by Crippen LogP contribution is -2.19. The number of aryl methyl sites for hydroxylation is 1. The number of hydrogen-bond acceptors (Lipinski definition) is 3. The first kappa shape index (κ1) is 11.7. The highest BCUT2D eigenvalue weighted by Gasteiger charge is 2.10. The molecule has 3 nitrogen and oxygen atoms in total. The Balaban J connectivity index is 2.17. The van der Waals surface area contributed by atoms with Crippen LogP contribution in [-0.4, -0.2) is 17.0 Å². The molecule has 0 spiro atoms. The highest BCUT2D eigenvalue weighted by molar-refractivity contribution is 5.23. The molecule has 0 aliphatic carbocycles. The molecule has 0 radical (unpaired) electrons. The summed E-state index contributed by atoms with van der Waals surface area (Å²) in [4.78, 5) is 8.38. The van der Waals surface area contributed by atoms with Crippen molar-refractivity contribution in [3.63, 3.8) is 0 Å². The summed E-state index contributed by atoms with van der Waals surface area (Å²) in [6, 6.07) is 6.52. The van der Waals surface area contributed by atoms with Gasteiger partial charge in [-0.2, -0.15) is 0 Å². The summed E-state index contributed by atoms with van der Waals surface area (Å²) in [5, 5.41) is 3.33. The molecule has 2 aromatic rings. The van der Waals surface area contributed by atoms with Gasteiger partial charge in [0.1, 0.15) is 0 Å². The Labute approximate surface area is 102 Å². The molecule has 1 atom stereocenters. The van der Waals surface area contributed by atoms with Crippen molar-refractivity contribution in [3.05, 3.63) is 59.7 Å². The highest BCUT2D eigenvalue weighted by Crippen LogP contribution is 2.17. The van der Waals surface area contributed by atoms with Gasteiger partial charge in [0.05, 0.1) is 0 Å². The van der Waals surface area contributed by atoms with E-state index in [1.54, 1.807) is 6.20 Å². The van der Waals surface area contributed by atoms with Crippen LogP contribution >= 0.6 is 0 Å². The molecule has 0 saturated heterocycles. The van der Waals surface area contributed by atoms with Crippen LogP contribution in [0, 0.1) is 6.92 Å². The summed E-state index contributed by atoms with van der Waals surface area (Å²) in [7, 11) is 1.98. The van der Waals surface area contributed by atoms with Crippen molar-refractivity contribution in [2.24, 2.45) is 0 Å². The Kier molecular flexibility index (Phi) is 3.83. The first-order valence-electron chi connectivity index (χ1n) is 5.77. The maximum Gasteiger partial charge on any atom is 0.0374 e. The minimum atomic E-state index is 0.284. The molecular weight excluding hydrogens is 210 g/mol. The van der Waals surface area contributed by atoms with Crippen LogP contribution in [0.3, 0.4) is 0 Å². The van der Waals surface area contributed by atoms with E-state index in [0.29, 0.717) is 0 Å². The van der Waals surface area contributed by atoms with Gasteiger partial charge in [0, 0.05) is 30.8 Å². The smallest absolute Gasteiger partial charge is 0.0374 e. The van der Waals surface area contributed by atoms with Gasteiger partial charge < -0.3 is 5.32 Å². The average Bonchev–Trinajstić information content (AvgIpc) is 2.37. The number of hydrogen-bond donors (Lipinski definition) is 1. The maximum absolute atomic E-state index is 4.24. The minimum absolute atomic E-state index is 0.284. The summed E-state index contributed by atoms with van der Waals surface area (Å²) < 4.78 is 0. The van der Waals surface area contributed by atoms with E-state index >= 15 is 0 Å². The molecule has 2 aromatic heterocycles. The van der Waals surface area contributed by atoms with Gasteiger partial charge >= 0.3 is 0 Å². The van der Waals surface area contributed by atoms with Gasteiger partial charge in [-0.15, -0.1) is 0 Å². The highest BCUT2D eigenvalue weighted by atomic mass is 14.9. The molecule has 0 amide bonds. The van der Waals surface area contributed by atoms with E-state index in [0.717, 1.165) is 6.42 Å². The SMILES string of the molecule is CNC(Cc1cccnc1)c1cncc(C)c1. The lowest BCUT2D eigenvalue weighted by Gasteiger charge is -2.16. The third kappa shape index (κ3) is 3.11. The van der Waals surface area contributed by atoms with E-state index < -0.39 is 0 Å². The monoisotopic (exact) mass is 227 g/mol. The second-order valence-electron chi connectivity index (χ2n) is 4.20. The number of nitrogens with zero attached hydrogens (tertiary/aromatic N) is 2. The Morgan fingerprint density at radius 2 is 2.12 bits per heavy atom. The van der Waals surface area contributed by atoms with E-state index in [4.69, 9.17) is 0 Å². The van der Waals surface area contributed by atoms with Crippen molar-refractivity contribution in [2.45, 2.75) is 19.4 Å². The first-order chi connectivity index (χ1) is 8.29. The Morgan fingerprint density at radius 3 is 2.76 bits per heavy atom. The van der Waals surface area contributed by atoms with Crippen molar-refractivity contribution in [1.82, 2.24) is 15.3 Å². The fourth-order valence-electron chi connectivity index (χ4n) is 1.91. The van der Waals surface area contributed by atoms with Gasteiger partial charge in [-0.1, -0.05) is 12.1 Å². The first-order valence-corrected chi connectivity index (χ1v) is 5.77. The van der Waals surface area contributed by atoms with E-state index in [9.17, 15) is 0 Å². The molecule has 0 aliphatic heterocycles. The molecule has 0 aliphatic rings. The van der Waals surface area contributed by atoms with Crippen molar-refractivity contribution >= 4 is 0 Å². The molecule has 17 heavy (non-hydrogen) atoms. The van der Waals surface area contributed by atoms with Crippen LogP contribution in [0.15, 0.2) is 43.0 Å². The third-order valence-electron chi connectivity index (χ3n) is 2.81. The van der Waals surface area contributed by atoms with Crippen LogP contribution in [0.25, 0.3) is 0 Å². The number of likely N-dealkylation sites (N-methyl/N-ethyl adjacent to an activating group) is 1. The quantitative estimate of drug-likeness (QED) is 0.870. The van der Waals surface area contributed by atoms with E-state index in [-0.39, 0.29) is 6.04 Å². The zero-order chi connectivity index (χ0) is 12.1. The summed E-state index contributed by atoms with van der Waals surface area (Å²) in [6.45, 7) is 2.06. The fourth-order valence-corrected chi connectivity index (χ4v) is 1.91. The molecule has 1 N–H and O–H groups in total. The van der Waals surface area contributed by atoms with Gasteiger partial charge in [0.15, 0.2) is 0 Å². The standard InChI is InChI=1S/C14H17N3/c1-11-6-13(10-17-8-11)14(15-2)7-12-4-3-5-16-9-12/h3-6,8-10,14-15H,7H2,1-2H3. The Morgan fingerprint density at radius 1 is 1.24 bits per heavy atom. The molecule has 0 aromatic carbocycles. The van der Waals surface area contributed by atoms with Gasteiger partial charge in [0.25, 0.3) is 0 Å². The molecule has 2 rings (SSSR count). The van der Waals surface area contributed by atoms with Crippen LogP contribution in [-0.2, 0) is 6.42 Å². The van der Waals surface area contributed by atoms with Crippen LogP contribution in [0.2, 0.25) is 0 Å². The van der Waals surface area contributed by atoms with Gasteiger partial charge in [0.2, 0.25) is 0 Å². The Hall–Kier alpha value is -1.74. The summed E-state index contributed by atoms with van der Waals surface area (Å²) in [5.41, 5.74) is 3.64. The second-order valence-corrected chi connectivity index (χ2v) is 4.20. The number of pyridine rings is 2. The maximum atomic E-state index is 4.24. The molecule has 88 valence electrons. The van der Waals surface area contributed by atoms with Crippen LogP contribution in [0.1, 0.15) is 22.7 Å². The predicted molar refractivity (Wildman–Crippen MR) is 68.7 cm³/mol. The zero-order valence-electron chi connectivity index (χ0n) is 10.2. The zero-order valence-corrected chi connectivity index (χ0v) is 10.2. The van der Waals surface area contributed by atoms with E-state index in [1.165, 1.54) is 16.7 Å². The van der Waals surface area contributed by atoms with Crippen molar-refractivity contribution in [2.75, 3.05) is 7.05 Å². The van der Waals surface area contributed by atoms with Crippen LogP contribution in [0.4, 0.5) is 0 Å². The van der Waals surface area contributed by atoms with Crippen molar-refractivity contribution < 1.29 is 0 Å². The third-order valence-corrected chi connectivity index (χ3v) is 2.81. The molecule has 1 unspecified atom stereocenters. The van der Waals surface area contributed by atoms with E-state index in [1.807, 2.05) is 31.7 Å². The second kappa shape index (κ2) is 5.55. The lowest BCUT2D eigenvalue weighted by molar-refractivity contribution is 0.588. The molecule has 2 heterocycles. The average molecular weight is 227 g/mol. The van der Waals surface area contributed by atoms with Gasteiger partial charge in [-0.05, 0) is 43.1 Å². The normalized spacial score (nSPS) is 12.4. The topological polar surface area (TPSA) is 37.8 Å². The summed E-state index contributed by atoms with van der Waals surface area (Å²) in [6.07, 6.45) is 8.43. The lowest BCUT2D eigenvalue weighted by atomic mass is 10.0. The molecular formula is C14H17N3. The number of nitrogens with one attached hydrogen (secondary N) is 1. The Bertz CT molecular complexity index is 468. The van der Waals surface area contributed by atoms with Gasteiger partial charge in [-0.3, -0.25) is 9.97 Å². The van der Waals surface area contributed by atoms with Crippen LogP contribution in [0.5, 0.6) is 0 Å². The fraction of sp³-hybridized carbons (Fsp3) is 0.286. The molecule has 0 bridgehead atoms. The number of rotatable bonds is 4. The van der Waals surface area contributed by atoms with Crippen molar-refractivity contribution in [1.29, 1.82) is 0 Å². The molecule has 0 saturated carbocycles. The molecule has 3 heteroatoms. The minimum Gasteiger partial charge on any atom is -0.313 e. The summed E-state index contributed by atoms with van der Waals surface area (Å²) >= 11 is 0. The van der Waals surface area contributed by atoms with Crippen molar-refractivity contribution in [3.8, 4) is 0 Å². The van der Waals surface area contributed by atoms with E-state index in [2.05, 4.69) is 34.3 Å². The largest absolute Gasteiger partial charge is 0.313 e. The number of aromatic nitrogens is 2. The summed E-state index contributed by atoms with van der Waals surface area (Å²) in [5.74, 6) is 0. The predicted octanol–water partition coefficient (Wildman–Crippen LogP) is 2.29. The van der Waals surface area contributed by atoms with Crippen LogP contribution < -0.4 is 5.32 Å². The molecule has 0 fully saturated rings. The van der Waals surface area contributed by atoms with Gasteiger partial charge in [-0.25, -0.2) is 0 Å².